The minimum absolute atomic E-state index is 0.0222. The number of carboxylic acids is 1. The molecule has 0 saturated heterocycles. The molecular weight excluding hydrogens is 530 g/mol. The van der Waals surface area contributed by atoms with Crippen LogP contribution in [-0.2, 0) is 11.2 Å². The number of rotatable bonds is 12. The van der Waals surface area contributed by atoms with E-state index < -0.39 is 42.9 Å². The number of phenolic OH excluding ortho intramolecular Hbond substituents is 1. The number of aliphatic carboxylic acids is 1. The average Bonchev–Trinajstić information content (AvgIpc) is 3.42. The first-order valence-corrected chi connectivity index (χ1v) is 11.8. The molecule has 1 aromatic heterocycles. The zero-order chi connectivity index (χ0) is 28.8. The van der Waals surface area contributed by atoms with Crippen molar-refractivity contribution in [2.75, 3.05) is 25.7 Å². The quantitative estimate of drug-likeness (QED) is 0.0977. The number of hydrazine groups is 1. The first-order chi connectivity index (χ1) is 19.2. The number of hydrogen-bond acceptors (Lipinski definition) is 11. The molecule has 1 unspecified atom stereocenters. The SMILES string of the molecule is COc1cc(F)c(C(Nc2cc(CC(=O)O)c(O)cc2C(=N)N)C2=N[C@H](c3ncccn3)NN2)cc1OCCF. The highest BCUT2D eigenvalue weighted by atomic mass is 19.1. The van der Waals surface area contributed by atoms with E-state index in [4.69, 9.17) is 20.6 Å². The molecule has 0 amide bonds. The maximum absolute atomic E-state index is 15.6. The summed E-state index contributed by atoms with van der Waals surface area (Å²) in [5.74, 6) is -2.23. The van der Waals surface area contributed by atoms with Crippen molar-refractivity contribution in [3.05, 3.63) is 71.1 Å². The van der Waals surface area contributed by atoms with Crippen LogP contribution in [0.5, 0.6) is 17.2 Å². The van der Waals surface area contributed by atoms with Gasteiger partial charge in [-0.1, -0.05) is 0 Å². The fourth-order valence-electron chi connectivity index (χ4n) is 3.99. The average molecular weight is 557 g/mol. The highest BCUT2D eigenvalue weighted by molar-refractivity contribution is 6.02. The maximum Gasteiger partial charge on any atom is 0.307 e. The van der Waals surface area contributed by atoms with Crippen molar-refractivity contribution in [1.29, 1.82) is 5.41 Å². The van der Waals surface area contributed by atoms with Gasteiger partial charge in [-0.2, -0.15) is 0 Å². The Morgan fingerprint density at radius 1 is 1.25 bits per heavy atom. The Balaban J connectivity index is 1.85. The van der Waals surface area contributed by atoms with E-state index in [0.29, 0.717) is 5.82 Å². The number of aliphatic imine (C=N–C) groups is 1. The minimum Gasteiger partial charge on any atom is -0.508 e. The standard InChI is InChI=1S/C25H26F2N8O5/c1-39-18-11-15(27)13(10-19(18)40-6-3-26)21(23-33-25(35-34-23)24-30-4-2-5-31-24)32-16-7-12(8-20(37)38)17(36)9-14(16)22(28)29/h2,4-5,7,9-11,21,25,32,35-36H,3,6,8H2,1H3,(H3,28,29)(H,33,34)(H,37,38)/t21?,25-/m0/s1. The van der Waals surface area contributed by atoms with Crippen LogP contribution in [0.15, 0.2) is 47.7 Å². The van der Waals surface area contributed by atoms with Crippen LogP contribution in [0.4, 0.5) is 14.5 Å². The molecule has 2 heterocycles. The smallest absolute Gasteiger partial charge is 0.307 e. The minimum atomic E-state index is -1.21. The molecule has 4 rings (SSSR count). The number of anilines is 1. The third-order valence-corrected chi connectivity index (χ3v) is 5.79. The van der Waals surface area contributed by atoms with E-state index >= 15 is 4.39 Å². The number of aromatic hydroxyl groups is 1. The lowest BCUT2D eigenvalue weighted by Gasteiger charge is -2.24. The monoisotopic (exact) mass is 556 g/mol. The lowest BCUT2D eigenvalue weighted by molar-refractivity contribution is -0.136. The van der Waals surface area contributed by atoms with Gasteiger partial charge in [0.2, 0.25) is 0 Å². The fraction of sp³-hybridized carbons (Fsp3) is 0.240. The van der Waals surface area contributed by atoms with E-state index in [2.05, 4.69) is 31.1 Å². The van der Waals surface area contributed by atoms with Crippen molar-refractivity contribution in [3.8, 4) is 17.2 Å². The molecule has 2 atom stereocenters. The summed E-state index contributed by atoms with van der Waals surface area (Å²) in [5, 5.41) is 30.6. The van der Waals surface area contributed by atoms with Crippen LogP contribution in [0.1, 0.15) is 34.7 Å². The summed E-state index contributed by atoms with van der Waals surface area (Å²) in [4.78, 5) is 24.2. The lowest BCUT2D eigenvalue weighted by atomic mass is 10.0. The molecule has 0 bridgehead atoms. The Morgan fingerprint density at radius 2 is 2.00 bits per heavy atom. The number of nitrogens with two attached hydrogens (primary N) is 1. The summed E-state index contributed by atoms with van der Waals surface area (Å²) in [6, 6.07) is 5.31. The predicted molar refractivity (Wildman–Crippen MR) is 140 cm³/mol. The van der Waals surface area contributed by atoms with Gasteiger partial charge in [-0.15, -0.1) is 0 Å². The zero-order valence-electron chi connectivity index (χ0n) is 21.1. The number of methoxy groups -OCH3 is 1. The molecule has 0 saturated carbocycles. The second-order valence-electron chi connectivity index (χ2n) is 8.44. The number of halogens is 2. The van der Waals surface area contributed by atoms with E-state index in [1.165, 1.54) is 31.6 Å². The topological polar surface area (TPSA) is 200 Å². The van der Waals surface area contributed by atoms with Crippen molar-refractivity contribution in [2.45, 2.75) is 18.6 Å². The molecule has 0 spiro atoms. The van der Waals surface area contributed by atoms with Gasteiger partial charge in [-0.3, -0.25) is 10.2 Å². The third kappa shape index (κ3) is 6.15. The van der Waals surface area contributed by atoms with Crippen molar-refractivity contribution in [1.82, 2.24) is 20.8 Å². The van der Waals surface area contributed by atoms with Crippen molar-refractivity contribution < 1.29 is 33.3 Å². The Morgan fingerprint density at radius 3 is 2.65 bits per heavy atom. The molecule has 210 valence electrons. The van der Waals surface area contributed by atoms with E-state index in [-0.39, 0.29) is 52.1 Å². The molecule has 0 fully saturated rings. The van der Waals surface area contributed by atoms with Gasteiger partial charge in [0.05, 0.1) is 13.5 Å². The van der Waals surface area contributed by atoms with Crippen LogP contribution < -0.4 is 31.4 Å². The number of hydrogen-bond donors (Lipinski definition) is 7. The Bertz CT molecular complexity index is 1440. The summed E-state index contributed by atoms with van der Waals surface area (Å²) in [6.07, 6.45) is 1.78. The molecule has 15 heteroatoms. The molecule has 8 N–H and O–H groups in total. The number of alkyl halides is 1. The van der Waals surface area contributed by atoms with Crippen molar-refractivity contribution in [3.63, 3.8) is 0 Å². The summed E-state index contributed by atoms with van der Waals surface area (Å²) >= 11 is 0. The number of benzene rings is 2. The summed E-state index contributed by atoms with van der Waals surface area (Å²) in [5.41, 5.74) is 11.7. The largest absolute Gasteiger partial charge is 0.508 e. The number of phenols is 1. The third-order valence-electron chi connectivity index (χ3n) is 5.79. The normalized spacial score (nSPS) is 15.1. The van der Waals surface area contributed by atoms with Gasteiger partial charge >= 0.3 is 5.97 Å². The molecule has 1 aliphatic rings. The highest BCUT2D eigenvalue weighted by Crippen LogP contribution is 2.36. The highest BCUT2D eigenvalue weighted by Gasteiger charge is 2.31. The van der Waals surface area contributed by atoms with E-state index in [9.17, 15) is 19.4 Å². The van der Waals surface area contributed by atoms with Crippen molar-refractivity contribution in [2.24, 2.45) is 10.7 Å². The van der Waals surface area contributed by atoms with Crippen LogP contribution in [0.2, 0.25) is 0 Å². The maximum atomic E-state index is 15.6. The van der Waals surface area contributed by atoms with Crippen LogP contribution >= 0.6 is 0 Å². The molecule has 0 radical (unpaired) electrons. The number of ether oxygens (including phenoxy) is 2. The van der Waals surface area contributed by atoms with E-state index in [1.54, 1.807) is 6.07 Å². The van der Waals surface area contributed by atoms with Crippen LogP contribution in [0.3, 0.4) is 0 Å². The molecule has 2 aromatic carbocycles. The fourth-order valence-corrected chi connectivity index (χ4v) is 3.99. The molecular formula is C25H26F2N8O5. The van der Waals surface area contributed by atoms with Crippen LogP contribution in [0.25, 0.3) is 0 Å². The van der Waals surface area contributed by atoms with Gasteiger partial charge in [-0.25, -0.2) is 29.2 Å². The molecule has 1 aliphatic heterocycles. The summed E-state index contributed by atoms with van der Waals surface area (Å²) in [7, 11) is 1.31. The number of nitrogens with zero attached hydrogens (tertiary/aromatic N) is 3. The molecule has 40 heavy (non-hydrogen) atoms. The molecule has 13 nitrogen and oxygen atoms in total. The number of amidine groups is 2. The summed E-state index contributed by atoms with van der Waals surface area (Å²) in [6.45, 7) is -1.10. The number of carboxylic acid groups (broad SMARTS) is 1. The first-order valence-electron chi connectivity index (χ1n) is 11.8. The summed E-state index contributed by atoms with van der Waals surface area (Å²) < 4.78 is 39.1. The second-order valence-corrected chi connectivity index (χ2v) is 8.44. The zero-order valence-corrected chi connectivity index (χ0v) is 21.1. The Kier molecular flexibility index (Phi) is 8.54. The lowest BCUT2D eigenvalue weighted by Crippen LogP contribution is -2.38. The van der Waals surface area contributed by atoms with Crippen LogP contribution in [0, 0.1) is 11.2 Å². The predicted octanol–water partition coefficient (Wildman–Crippen LogP) is 1.95. The van der Waals surface area contributed by atoms with Gasteiger partial charge in [0.1, 0.15) is 42.6 Å². The van der Waals surface area contributed by atoms with Gasteiger partial charge in [-0.05, 0) is 24.3 Å². The van der Waals surface area contributed by atoms with Gasteiger partial charge in [0.25, 0.3) is 0 Å². The van der Waals surface area contributed by atoms with Gasteiger partial charge < -0.3 is 36.2 Å². The Labute approximate surface area is 226 Å². The molecule has 3 aromatic rings. The number of nitrogen functional groups attached to an aromatic ring is 1. The molecule has 0 aliphatic carbocycles. The first kappa shape index (κ1) is 28.0. The van der Waals surface area contributed by atoms with Crippen molar-refractivity contribution >= 4 is 23.3 Å². The van der Waals surface area contributed by atoms with Gasteiger partial charge in [0, 0.05) is 40.8 Å². The number of nitrogens with one attached hydrogen (secondary N) is 4. The van der Waals surface area contributed by atoms with Crippen LogP contribution in [-0.4, -0.2) is 58.2 Å². The second kappa shape index (κ2) is 12.2. The van der Waals surface area contributed by atoms with Gasteiger partial charge in [0.15, 0.2) is 23.5 Å². The Hall–Kier alpha value is -5.05. The number of carbonyl (C=O) groups is 1. The van der Waals surface area contributed by atoms with E-state index in [1.807, 2.05) is 0 Å². The van der Waals surface area contributed by atoms with E-state index in [0.717, 1.165) is 12.1 Å². The number of aromatic nitrogens is 2.